The number of alkyl halides is 3. The van der Waals surface area contributed by atoms with E-state index in [4.69, 9.17) is 0 Å². The maximum atomic E-state index is 13.6. The molecule has 0 fully saturated rings. The van der Waals surface area contributed by atoms with E-state index in [9.17, 15) is 22.7 Å². The SMILES string of the molecule is CN(CCCCCCC1=C(c2ccc(F)cc2)CCCc2cc(O)ccc21)CCCCSCCC(F)(F)F. The molecule has 0 saturated heterocycles. The van der Waals surface area contributed by atoms with Gasteiger partial charge in [-0.2, -0.15) is 24.9 Å². The number of benzene rings is 2. The molecule has 1 aliphatic rings. The van der Waals surface area contributed by atoms with E-state index in [1.165, 1.54) is 46.2 Å². The number of unbranched alkanes of at least 4 members (excludes halogenated alkanes) is 4. The molecule has 210 valence electrons. The van der Waals surface area contributed by atoms with Crippen LogP contribution in [0.1, 0.15) is 80.9 Å². The van der Waals surface area contributed by atoms with Crippen LogP contribution in [-0.2, 0) is 6.42 Å². The third-order valence-corrected chi connectivity index (χ3v) is 8.24. The topological polar surface area (TPSA) is 23.5 Å². The number of aryl methyl sites for hydroxylation is 1. The molecule has 1 N–H and O–H groups in total. The highest BCUT2D eigenvalue weighted by atomic mass is 32.2. The van der Waals surface area contributed by atoms with Crippen molar-refractivity contribution >= 4 is 22.9 Å². The molecule has 0 heterocycles. The lowest BCUT2D eigenvalue weighted by molar-refractivity contribution is -0.129. The van der Waals surface area contributed by atoms with Crippen molar-refractivity contribution in [2.75, 3.05) is 31.6 Å². The summed E-state index contributed by atoms with van der Waals surface area (Å²) in [5, 5.41) is 10.0. The number of fused-ring (bicyclic) bond motifs is 1. The number of phenols is 1. The summed E-state index contributed by atoms with van der Waals surface area (Å²) in [5.74, 6) is 1.04. The number of hydrogen-bond donors (Lipinski definition) is 1. The summed E-state index contributed by atoms with van der Waals surface area (Å²) in [6, 6.07) is 12.5. The van der Waals surface area contributed by atoms with Crippen LogP contribution in [0.15, 0.2) is 42.5 Å². The van der Waals surface area contributed by atoms with Gasteiger partial charge >= 0.3 is 6.18 Å². The molecule has 0 atom stereocenters. The van der Waals surface area contributed by atoms with E-state index < -0.39 is 12.6 Å². The number of hydrogen-bond acceptors (Lipinski definition) is 3. The summed E-state index contributed by atoms with van der Waals surface area (Å²) in [4.78, 5) is 2.32. The largest absolute Gasteiger partial charge is 0.508 e. The molecular weight excluding hydrogens is 510 g/mol. The van der Waals surface area contributed by atoms with Gasteiger partial charge in [0, 0.05) is 5.75 Å². The third-order valence-electron chi connectivity index (χ3n) is 7.17. The zero-order valence-corrected chi connectivity index (χ0v) is 23.3. The molecule has 0 unspecified atom stereocenters. The Kier molecular flexibility index (Phi) is 12.5. The van der Waals surface area contributed by atoms with Crippen LogP contribution >= 0.6 is 11.8 Å². The van der Waals surface area contributed by atoms with Crippen LogP contribution in [0.5, 0.6) is 5.75 Å². The normalized spacial score (nSPS) is 14.2. The summed E-state index contributed by atoms with van der Waals surface area (Å²) >= 11 is 1.40. The Morgan fingerprint density at radius 3 is 2.32 bits per heavy atom. The molecular formula is C31H41F4NOS. The Morgan fingerprint density at radius 1 is 0.868 bits per heavy atom. The fourth-order valence-electron chi connectivity index (χ4n) is 5.13. The van der Waals surface area contributed by atoms with E-state index in [0.29, 0.717) is 5.75 Å². The van der Waals surface area contributed by atoms with Crippen molar-refractivity contribution in [2.45, 2.75) is 76.8 Å². The summed E-state index contributed by atoms with van der Waals surface area (Å²) in [6.45, 7) is 2.02. The number of allylic oxidation sites excluding steroid dienone is 2. The molecule has 3 rings (SSSR count). The van der Waals surface area contributed by atoms with Crippen LogP contribution in [0, 0.1) is 5.82 Å². The van der Waals surface area contributed by atoms with Gasteiger partial charge in [0.1, 0.15) is 11.6 Å². The molecule has 0 aromatic heterocycles. The molecule has 38 heavy (non-hydrogen) atoms. The summed E-state index contributed by atoms with van der Waals surface area (Å²) < 4.78 is 50.1. The summed E-state index contributed by atoms with van der Waals surface area (Å²) in [5.41, 5.74) is 6.12. The van der Waals surface area contributed by atoms with Gasteiger partial charge in [-0.05, 0) is 129 Å². The maximum Gasteiger partial charge on any atom is 0.389 e. The minimum Gasteiger partial charge on any atom is -0.508 e. The van der Waals surface area contributed by atoms with Crippen molar-refractivity contribution in [3.05, 3.63) is 65.0 Å². The first kappa shape index (κ1) is 30.6. The quantitative estimate of drug-likeness (QED) is 0.176. The van der Waals surface area contributed by atoms with Gasteiger partial charge in [0.2, 0.25) is 0 Å². The van der Waals surface area contributed by atoms with Crippen molar-refractivity contribution in [1.82, 2.24) is 4.90 Å². The molecule has 7 heteroatoms. The Balaban J connectivity index is 1.42. The number of rotatable bonds is 15. The summed E-state index contributed by atoms with van der Waals surface area (Å²) in [6.07, 6.45) is 5.58. The van der Waals surface area contributed by atoms with Crippen molar-refractivity contribution in [3.8, 4) is 5.75 Å². The Labute approximate surface area is 229 Å². The Bertz CT molecular complexity index is 1020. The third kappa shape index (κ3) is 10.6. The van der Waals surface area contributed by atoms with E-state index in [-0.39, 0.29) is 11.6 Å². The molecule has 0 radical (unpaired) electrons. The zero-order valence-electron chi connectivity index (χ0n) is 22.5. The highest BCUT2D eigenvalue weighted by Gasteiger charge is 2.26. The highest BCUT2D eigenvalue weighted by molar-refractivity contribution is 7.99. The lowest BCUT2D eigenvalue weighted by atomic mass is 9.89. The second-order valence-electron chi connectivity index (χ2n) is 10.3. The fraction of sp³-hybridized carbons (Fsp3) is 0.548. The van der Waals surface area contributed by atoms with Gasteiger partial charge in [-0.15, -0.1) is 0 Å². The molecule has 0 bridgehead atoms. The van der Waals surface area contributed by atoms with Gasteiger partial charge in [0.05, 0.1) is 6.42 Å². The van der Waals surface area contributed by atoms with Gasteiger partial charge in [-0.3, -0.25) is 0 Å². The monoisotopic (exact) mass is 551 g/mol. The van der Waals surface area contributed by atoms with Crippen molar-refractivity contribution in [1.29, 1.82) is 0 Å². The van der Waals surface area contributed by atoms with Gasteiger partial charge in [-0.25, -0.2) is 4.39 Å². The van der Waals surface area contributed by atoms with Crippen molar-refractivity contribution < 1.29 is 22.7 Å². The number of halogens is 4. The predicted octanol–water partition coefficient (Wildman–Crippen LogP) is 9.13. The molecule has 2 nitrogen and oxygen atoms in total. The van der Waals surface area contributed by atoms with E-state index >= 15 is 0 Å². The number of phenolic OH excluding ortho intramolecular Hbond substituents is 1. The predicted molar refractivity (Wildman–Crippen MR) is 152 cm³/mol. The van der Waals surface area contributed by atoms with Gasteiger partial charge in [0.15, 0.2) is 0 Å². The van der Waals surface area contributed by atoms with Crippen molar-refractivity contribution in [3.63, 3.8) is 0 Å². The van der Waals surface area contributed by atoms with Crippen molar-refractivity contribution in [2.24, 2.45) is 0 Å². The standard InChI is InChI=1S/C31H41F4NOS/c1-36(20-6-7-21-38-22-18-31(33,34)35)19-5-3-2-4-10-30-28(24-12-14-26(32)15-13-24)11-8-9-25-23-27(37)16-17-29(25)30/h12-17,23,37H,2-11,18-22H2,1H3. The number of thioether (sulfide) groups is 1. The second-order valence-corrected chi connectivity index (χ2v) is 11.5. The van der Waals surface area contributed by atoms with E-state index in [0.717, 1.165) is 88.6 Å². The minimum absolute atomic E-state index is 0.162. The van der Waals surface area contributed by atoms with Crippen LogP contribution in [0.3, 0.4) is 0 Å². The maximum absolute atomic E-state index is 13.6. The fourth-order valence-corrected chi connectivity index (χ4v) is 6.12. The number of aromatic hydroxyl groups is 1. The van der Waals surface area contributed by atoms with Crippen LogP contribution in [0.25, 0.3) is 11.1 Å². The molecule has 0 amide bonds. The summed E-state index contributed by atoms with van der Waals surface area (Å²) in [7, 11) is 2.12. The smallest absolute Gasteiger partial charge is 0.389 e. The van der Waals surface area contributed by atoms with Crippen LogP contribution < -0.4 is 0 Å². The minimum atomic E-state index is -4.04. The van der Waals surface area contributed by atoms with E-state index in [2.05, 4.69) is 11.9 Å². The Morgan fingerprint density at radius 2 is 1.58 bits per heavy atom. The zero-order chi connectivity index (χ0) is 27.4. The highest BCUT2D eigenvalue weighted by Crippen LogP contribution is 2.39. The van der Waals surface area contributed by atoms with Gasteiger partial charge in [0.25, 0.3) is 0 Å². The average molecular weight is 552 g/mol. The average Bonchev–Trinajstić information content (AvgIpc) is 3.04. The first-order valence-corrected chi connectivity index (χ1v) is 15.0. The van der Waals surface area contributed by atoms with Gasteiger partial charge < -0.3 is 10.0 Å². The molecule has 2 aromatic carbocycles. The Hall–Kier alpha value is -1.99. The molecule has 2 aromatic rings. The molecule has 1 aliphatic carbocycles. The number of nitrogens with zero attached hydrogens (tertiary/aromatic N) is 1. The van der Waals surface area contributed by atoms with Crippen LogP contribution in [-0.4, -0.2) is 47.8 Å². The first-order valence-electron chi connectivity index (χ1n) is 13.9. The van der Waals surface area contributed by atoms with Crippen LogP contribution in [0.2, 0.25) is 0 Å². The van der Waals surface area contributed by atoms with Crippen LogP contribution in [0.4, 0.5) is 17.6 Å². The van der Waals surface area contributed by atoms with E-state index in [1.54, 1.807) is 6.07 Å². The molecule has 0 aliphatic heterocycles. The second kappa shape index (κ2) is 15.6. The molecule has 0 spiro atoms. The lowest BCUT2D eigenvalue weighted by Crippen LogP contribution is -2.21. The van der Waals surface area contributed by atoms with E-state index in [1.807, 2.05) is 24.3 Å². The van der Waals surface area contributed by atoms with Gasteiger partial charge in [-0.1, -0.05) is 31.0 Å². The lowest BCUT2D eigenvalue weighted by Gasteiger charge is -2.17. The first-order chi connectivity index (χ1) is 18.2. The molecule has 0 saturated carbocycles.